The normalized spacial score (nSPS) is 18.8. The monoisotopic (exact) mass is 489 g/mol. The summed E-state index contributed by atoms with van der Waals surface area (Å²) in [5, 5.41) is 6.93. The van der Waals surface area contributed by atoms with Gasteiger partial charge < -0.3 is 15.5 Å². The van der Waals surface area contributed by atoms with E-state index in [2.05, 4.69) is 10.6 Å². The number of nitrogens with zero attached hydrogens (tertiary/aromatic N) is 1. The van der Waals surface area contributed by atoms with Gasteiger partial charge in [-0.25, -0.2) is 8.78 Å². The highest BCUT2D eigenvalue weighted by Gasteiger charge is 2.43. The Bertz CT molecular complexity index is 1350. The highest BCUT2D eigenvalue weighted by molar-refractivity contribution is 7.80. The summed E-state index contributed by atoms with van der Waals surface area (Å²) in [6.45, 7) is 4.06. The van der Waals surface area contributed by atoms with Crippen LogP contribution in [-0.2, 0) is 4.79 Å². The molecule has 0 unspecified atom stereocenters. The summed E-state index contributed by atoms with van der Waals surface area (Å²) in [7, 11) is 0. The van der Waals surface area contributed by atoms with Crippen molar-refractivity contribution in [2.45, 2.75) is 32.7 Å². The maximum atomic E-state index is 15.4. The minimum Gasteiger partial charge on any atom is -0.357 e. The molecule has 2 aliphatic rings. The second-order valence-corrected chi connectivity index (χ2v) is 10.1. The molecule has 0 fully saturated rings. The maximum absolute atomic E-state index is 15.4. The molecule has 0 saturated carbocycles. The first-order chi connectivity index (χ1) is 16.7. The highest BCUT2D eigenvalue weighted by Crippen LogP contribution is 2.49. The van der Waals surface area contributed by atoms with Crippen LogP contribution in [0.4, 0.5) is 25.8 Å². The van der Waals surface area contributed by atoms with Crippen molar-refractivity contribution in [2.24, 2.45) is 5.41 Å². The van der Waals surface area contributed by atoms with Crippen LogP contribution in [-0.4, -0.2) is 10.9 Å². The van der Waals surface area contributed by atoms with Gasteiger partial charge in [0.05, 0.1) is 17.4 Å². The third-order valence-electron chi connectivity index (χ3n) is 6.42. The van der Waals surface area contributed by atoms with Crippen molar-refractivity contribution in [1.82, 2.24) is 0 Å². The van der Waals surface area contributed by atoms with E-state index < -0.39 is 17.7 Å². The van der Waals surface area contributed by atoms with E-state index in [4.69, 9.17) is 12.2 Å². The second kappa shape index (κ2) is 8.89. The van der Waals surface area contributed by atoms with Gasteiger partial charge >= 0.3 is 0 Å². The lowest BCUT2D eigenvalue weighted by molar-refractivity contribution is -0.118. The van der Waals surface area contributed by atoms with Crippen LogP contribution in [0.2, 0.25) is 0 Å². The van der Waals surface area contributed by atoms with Gasteiger partial charge in [0.2, 0.25) is 0 Å². The number of carbonyl (C=O) groups is 1. The van der Waals surface area contributed by atoms with Crippen LogP contribution in [0, 0.1) is 17.0 Å². The molecule has 0 aromatic heterocycles. The number of carbonyl (C=O) groups excluding carboxylic acids is 1. The Labute approximate surface area is 208 Å². The molecule has 178 valence electrons. The summed E-state index contributed by atoms with van der Waals surface area (Å²) >= 11 is 5.86. The van der Waals surface area contributed by atoms with E-state index in [1.54, 1.807) is 4.90 Å². The minimum absolute atomic E-state index is 0.0567. The van der Waals surface area contributed by atoms with E-state index in [0.717, 1.165) is 17.4 Å². The molecule has 1 aliphatic carbocycles. The number of hydrogen-bond acceptors (Lipinski definition) is 3. The summed E-state index contributed by atoms with van der Waals surface area (Å²) in [6.07, 6.45) is 0.882. The third-order valence-corrected chi connectivity index (χ3v) is 6.72. The number of allylic oxidation sites excluding steroid dienone is 1. The molecule has 2 N–H and O–H groups in total. The zero-order valence-electron chi connectivity index (χ0n) is 19.4. The summed E-state index contributed by atoms with van der Waals surface area (Å²) in [6, 6.07) is 20.0. The second-order valence-electron chi connectivity index (χ2n) is 9.69. The summed E-state index contributed by atoms with van der Waals surface area (Å²) in [5.74, 6) is -2.08. The number of anilines is 3. The van der Waals surface area contributed by atoms with Gasteiger partial charge in [-0.1, -0.05) is 56.3 Å². The van der Waals surface area contributed by atoms with Crippen LogP contribution in [0.1, 0.15) is 38.3 Å². The molecular formula is C28H25F2N3OS. The predicted octanol–water partition coefficient (Wildman–Crippen LogP) is 6.98. The van der Waals surface area contributed by atoms with Crippen molar-refractivity contribution < 1.29 is 13.6 Å². The number of ketones is 1. The van der Waals surface area contributed by atoms with Crippen molar-refractivity contribution in [2.75, 3.05) is 15.5 Å². The molecule has 35 heavy (non-hydrogen) atoms. The summed E-state index contributed by atoms with van der Waals surface area (Å²) in [4.78, 5) is 15.4. The molecule has 1 aliphatic heterocycles. The quantitative estimate of drug-likeness (QED) is 0.380. The Morgan fingerprint density at radius 1 is 1.00 bits per heavy atom. The van der Waals surface area contributed by atoms with Gasteiger partial charge in [0.15, 0.2) is 22.5 Å². The van der Waals surface area contributed by atoms with Crippen molar-refractivity contribution >= 4 is 40.2 Å². The molecule has 3 aromatic rings. The summed E-state index contributed by atoms with van der Waals surface area (Å²) in [5.41, 5.74) is 3.04. The minimum atomic E-state index is -0.992. The number of rotatable bonds is 2. The van der Waals surface area contributed by atoms with Crippen molar-refractivity contribution in [1.29, 1.82) is 0 Å². The van der Waals surface area contributed by atoms with Crippen LogP contribution < -0.4 is 15.5 Å². The first-order valence-electron chi connectivity index (χ1n) is 11.5. The highest BCUT2D eigenvalue weighted by atomic mass is 32.1. The molecule has 4 nitrogen and oxygen atoms in total. The van der Waals surface area contributed by atoms with Gasteiger partial charge in [-0.05, 0) is 54.4 Å². The van der Waals surface area contributed by atoms with Crippen LogP contribution in [0.5, 0.6) is 0 Å². The number of fused-ring (bicyclic) bond motifs is 1. The average molecular weight is 490 g/mol. The fraction of sp³-hybridized carbons (Fsp3) is 0.214. The molecule has 1 heterocycles. The van der Waals surface area contributed by atoms with Crippen LogP contribution in [0.25, 0.3) is 0 Å². The Hall–Kier alpha value is -3.58. The lowest BCUT2D eigenvalue weighted by Gasteiger charge is -2.38. The molecule has 0 amide bonds. The zero-order valence-corrected chi connectivity index (χ0v) is 20.3. The fourth-order valence-corrected chi connectivity index (χ4v) is 5.26. The molecule has 0 radical (unpaired) electrons. The van der Waals surface area contributed by atoms with Crippen LogP contribution in [0.3, 0.4) is 0 Å². The van der Waals surface area contributed by atoms with E-state index >= 15 is 4.39 Å². The van der Waals surface area contributed by atoms with E-state index in [1.165, 1.54) is 12.1 Å². The predicted molar refractivity (Wildman–Crippen MR) is 139 cm³/mol. The SMILES string of the molecule is CC1(C)CC(=O)C2=C(C1)Nc1ccccc1N(C(=S)Nc1ccccc1)[C@@H]2c1cccc(F)c1F. The van der Waals surface area contributed by atoms with Crippen molar-refractivity contribution in [3.8, 4) is 0 Å². The molecule has 3 aromatic carbocycles. The fourth-order valence-electron chi connectivity index (χ4n) is 4.94. The first kappa shape index (κ1) is 23.2. The molecular weight excluding hydrogens is 464 g/mol. The Morgan fingerprint density at radius 2 is 1.71 bits per heavy atom. The lowest BCUT2D eigenvalue weighted by atomic mass is 9.73. The molecule has 1 atom stereocenters. The average Bonchev–Trinajstić information content (AvgIpc) is 2.95. The number of halogens is 2. The van der Waals surface area contributed by atoms with E-state index in [9.17, 15) is 9.18 Å². The number of thiocarbonyl (C=S) groups is 1. The van der Waals surface area contributed by atoms with Gasteiger partial charge in [0, 0.05) is 28.9 Å². The van der Waals surface area contributed by atoms with Gasteiger partial charge in [-0.2, -0.15) is 0 Å². The van der Waals surface area contributed by atoms with E-state index in [1.807, 2.05) is 68.4 Å². The first-order valence-corrected chi connectivity index (χ1v) is 11.9. The number of para-hydroxylation sites is 3. The Kier molecular flexibility index (Phi) is 5.89. The number of Topliss-reactive ketones (excluding diaryl/α,β-unsaturated/α-hetero) is 1. The van der Waals surface area contributed by atoms with Gasteiger partial charge in [0.25, 0.3) is 0 Å². The smallest absolute Gasteiger partial charge is 0.178 e. The molecule has 7 heteroatoms. The number of nitrogens with one attached hydrogen (secondary N) is 2. The van der Waals surface area contributed by atoms with Gasteiger partial charge in [0.1, 0.15) is 0 Å². The Morgan fingerprint density at radius 3 is 2.49 bits per heavy atom. The molecule has 0 spiro atoms. The topological polar surface area (TPSA) is 44.4 Å². The van der Waals surface area contributed by atoms with Gasteiger partial charge in [-0.15, -0.1) is 0 Å². The Balaban J connectivity index is 1.76. The summed E-state index contributed by atoms with van der Waals surface area (Å²) < 4.78 is 29.9. The maximum Gasteiger partial charge on any atom is 0.178 e. The van der Waals surface area contributed by atoms with E-state index in [0.29, 0.717) is 29.8 Å². The van der Waals surface area contributed by atoms with Crippen LogP contribution >= 0.6 is 12.2 Å². The van der Waals surface area contributed by atoms with Crippen molar-refractivity contribution in [3.05, 3.63) is 101 Å². The molecule has 0 bridgehead atoms. The van der Waals surface area contributed by atoms with Crippen LogP contribution in [0.15, 0.2) is 84.1 Å². The molecule has 5 rings (SSSR count). The van der Waals surface area contributed by atoms with Gasteiger partial charge in [-0.3, -0.25) is 4.79 Å². The van der Waals surface area contributed by atoms with Crippen molar-refractivity contribution in [3.63, 3.8) is 0 Å². The van der Waals surface area contributed by atoms with E-state index in [-0.39, 0.29) is 21.9 Å². The standard InChI is InChI=1S/C28H25F2N3OS/c1-28(2)15-21-24(23(34)16-28)26(18-11-8-12-19(29)25(18)30)33(22-14-7-6-13-20(22)32-21)27(35)31-17-9-4-3-5-10-17/h3-14,26,32H,15-16H2,1-2H3,(H,31,35)/t26-/m1/s1. The lowest BCUT2D eigenvalue weighted by Crippen LogP contribution is -2.42. The largest absolute Gasteiger partial charge is 0.357 e. The zero-order chi connectivity index (χ0) is 24.7. The molecule has 0 saturated heterocycles. The number of hydrogen-bond donors (Lipinski definition) is 2. The third kappa shape index (κ3) is 4.32. The number of benzene rings is 3.